The summed E-state index contributed by atoms with van der Waals surface area (Å²) in [7, 11) is 3.69. The zero-order valence-electron chi connectivity index (χ0n) is 18.6. The maximum absolute atomic E-state index is 11.7. The van der Waals surface area contributed by atoms with Gasteiger partial charge in [-0.25, -0.2) is 9.97 Å². The molecule has 1 amide bonds. The highest BCUT2D eigenvalue weighted by Gasteiger charge is 2.18. The van der Waals surface area contributed by atoms with Crippen molar-refractivity contribution >= 4 is 34.1 Å². The largest absolute Gasteiger partial charge is 0.495 e. The van der Waals surface area contributed by atoms with Crippen LogP contribution in [0.4, 0.5) is 5.82 Å². The first-order chi connectivity index (χ1) is 16.0. The van der Waals surface area contributed by atoms with E-state index < -0.39 is 5.91 Å². The van der Waals surface area contributed by atoms with Gasteiger partial charge in [-0.05, 0) is 62.8 Å². The Kier molecular flexibility index (Phi) is 5.74. The molecule has 1 aliphatic rings. The maximum Gasteiger partial charge on any atom is 0.262 e. The fourth-order valence-corrected chi connectivity index (χ4v) is 5.15. The number of hydrogen-bond acceptors (Lipinski definition) is 7. The maximum atomic E-state index is 11.7. The van der Waals surface area contributed by atoms with Crippen molar-refractivity contribution in [1.29, 1.82) is 0 Å². The highest BCUT2D eigenvalue weighted by Crippen LogP contribution is 2.34. The zero-order valence-corrected chi connectivity index (χ0v) is 19.4. The van der Waals surface area contributed by atoms with Crippen molar-refractivity contribution in [2.24, 2.45) is 5.73 Å². The van der Waals surface area contributed by atoms with E-state index in [9.17, 15) is 4.79 Å². The van der Waals surface area contributed by atoms with Crippen LogP contribution < -0.4 is 15.8 Å². The Hall–Kier alpha value is -3.43. The van der Waals surface area contributed by atoms with Crippen molar-refractivity contribution < 1.29 is 9.53 Å². The second-order valence-corrected chi connectivity index (χ2v) is 9.35. The van der Waals surface area contributed by atoms with Crippen LogP contribution in [-0.2, 0) is 0 Å². The molecular weight excluding hydrogens is 436 g/mol. The molecule has 0 saturated carbocycles. The molecule has 3 aromatic heterocycles. The van der Waals surface area contributed by atoms with Gasteiger partial charge in [0.1, 0.15) is 27.8 Å². The topological polar surface area (TPSA) is 98.3 Å². The summed E-state index contributed by atoms with van der Waals surface area (Å²) in [6.07, 6.45) is 5.92. The minimum atomic E-state index is -0.504. The van der Waals surface area contributed by atoms with Gasteiger partial charge in [0.25, 0.3) is 5.91 Å². The number of aromatic nitrogens is 3. The van der Waals surface area contributed by atoms with Gasteiger partial charge in [0.15, 0.2) is 0 Å². The molecule has 5 rings (SSSR count). The monoisotopic (exact) mass is 462 g/mol. The van der Waals surface area contributed by atoms with Crippen molar-refractivity contribution in [1.82, 2.24) is 19.4 Å². The number of nitrogens with one attached hydrogen (secondary N) is 1. The Balaban J connectivity index is 1.37. The van der Waals surface area contributed by atoms with Gasteiger partial charge in [-0.15, -0.1) is 11.3 Å². The molecular formula is C24H26N6O2S. The number of rotatable bonds is 6. The number of thiophene rings is 1. The van der Waals surface area contributed by atoms with E-state index in [-0.39, 0.29) is 0 Å². The molecule has 4 heterocycles. The number of ether oxygens (including phenoxy) is 1. The molecule has 1 aromatic carbocycles. The predicted molar refractivity (Wildman–Crippen MR) is 131 cm³/mol. The van der Waals surface area contributed by atoms with Crippen LogP contribution in [-0.4, -0.2) is 58.6 Å². The van der Waals surface area contributed by atoms with Crippen molar-refractivity contribution in [2.75, 3.05) is 32.6 Å². The van der Waals surface area contributed by atoms with E-state index in [1.165, 1.54) is 18.4 Å². The van der Waals surface area contributed by atoms with Crippen molar-refractivity contribution in [3.63, 3.8) is 0 Å². The SMILES string of the molecule is COc1cc(-n2cnc3cc(-c4ccc(NC5CCN(C)CC5)nc4)ccc32)sc1C(N)=O. The molecule has 0 bridgehead atoms. The lowest BCUT2D eigenvalue weighted by atomic mass is 10.1. The molecule has 170 valence electrons. The molecule has 0 aliphatic carbocycles. The van der Waals surface area contributed by atoms with Crippen LogP contribution in [0.2, 0.25) is 0 Å². The summed E-state index contributed by atoms with van der Waals surface area (Å²) in [6.45, 7) is 2.23. The Morgan fingerprint density at radius 2 is 1.94 bits per heavy atom. The number of hydrogen-bond donors (Lipinski definition) is 2. The first-order valence-corrected chi connectivity index (χ1v) is 11.7. The molecule has 1 saturated heterocycles. The second-order valence-electron chi connectivity index (χ2n) is 8.32. The highest BCUT2D eigenvalue weighted by molar-refractivity contribution is 7.16. The number of likely N-dealkylation sites (tertiary alicyclic amines) is 1. The molecule has 1 aliphatic heterocycles. The fourth-order valence-electron chi connectivity index (χ4n) is 4.18. The van der Waals surface area contributed by atoms with Gasteiger partial charge >= 0.3 is 0 Å². The third-order valence-corrected chi connectivity index (χ3v) is 7.21. The molecule has 0 radical (unpaired) electrons. The van der Waals surface area contributed by atoms with Gasteiger partial charge in [-0.2, -0.15) is 0 Å². The van der Waals surface area contributed by atoms with E-state index in [0.717, 1.165) is 58.9 Å². The quantitative estimate of drug-likeness (QED) is 0.453. The zero-order chi connectivity index (χ0) is 22.9. The van der Waals surface area contributed by atoms with E-state index in [1.54, 1.807) is 12.4 Å². The minimum absolute atomic E-state index is 0.394. The van der Waals surface area contributed by atoms with E-state index in [0.29, 0.717) is 16.7 Å². The first-order valence-electron chi connectivity index (χ1n) is 10.9. The highest BCUT2D eigenvalue weighted by atomic mass is 32.1. The third-order valence-electron chi connectivity index (χ3n) is 6.08. The average molecular weight is 463 g/mol. The van der Waals surface area contributed by atoms with Crippen LogP contribution in [0.15, 0.2) is 48.9 Å². The van der Waals surface area contributed by atoms with Crippen LogP contribution >= 0.6 is 11.3 Å². The van der Waals surface area contributed by atoms with Gasteiger partial charge in [0.2, 0.25) is 0 Å². The van der Waals surface area contributed by atoms with Crippen LogP contribution in [0.3, 0.4) is 0 Å². The third kappa shape index (κ3) is 4.29. The van der Waals surface area contributed by atoms with Crippen LogP contribution in [0.5, 0.6) is 5.75 Å². The second kappa shape index (κ2) is 8.84. The summed E-state index contributed by atoms with van der Waals surface area (Å²) in [5.41, 5.74) is 9.35. The smallest absolute Gasteiger partial charge is 0.262 e. The van der Waals surface area contributed by atoms with Crippen LogP contribution in [0.25, 0.3) is 27.2 Å². The normalized spacial score (nSPS) is 15.1. The van der Waals surface area contributed by atoms with E-state index in [2.05, 4.69) is 39.4 Å². The van der Waals surface area contributed by atoms with Crippen molar-refractivity contribution in [2.45, 2.75) is 18.9 Å². The van der Waals surface area contributed by atoms with Crippen molar-refractivity contribution in [3.05, 3.63) is 53.8 Å². The number of primary amides is 1. The number of nitrogens with two attached hydrogens (primary N) is 1. The predicted octanol–water partition coefficient (Wildman–Crippen LogP) is 3.76. The van der Waals surface area contributed by atoms with E-state index in [4.69, 9.17) is 10.5 Å². The van der Waals surface area contributed by atoms with Crippen LogP contribution in [0.1, 0.15) is 22.5 Å². The molecule has 0 atom stereocenters. The van der Waals surface area contributed by atoms with Crippen molar-refractivity contribution in [3.8, 4) is 21.9 Å². The molecule has 0 unspecified atom stereocenters. The molecule has 4 aromatic rings. The Bertz CT molecular complexity index is 1290. The number of pyridine rings is 1. The number of methoxy groups -OCH3 is 1. The number of anilines is 1. The number of carbonyl (C=O) groups is 1. The molecule has 1 fully saturated rings. The number of imidazole rings is 1. The number of nitrogens with zero attached hydrogens (tertiary/aromatic N) is 4. The summed E-state index contributed by atoms with van der Waals surface area (Å²) in [6, 6.07) is 12.5. The number of fused-ring (bicyclic) bond motifs is 1. The van der Waals surface area contributed by atoms with Gasteiger partial charge in [-0.3, -0.25) is 9.36 Å². The standard InChI is InChI=1S/C24H26N6O2S/c1-29-9-7-17(8-10-29)28-21-6-4-16(13-26-21)15-3-5-19-18(11-15)27-14-30(19)22-12-20(32-2)23(33-22)24(25)31/h3-6,11-14,17H,7-10H2,1-2H3,(H2,25,31)(H,26,28). The number of carbonyl (C=O) groups excluding carboxylic acids is 1. The van der Waals surface area contributed by atoms with Gasteiger partial charge < -0.3 is 20.7 Å². The summed E-state index contributed by atoms with van der Waals surface area (Å²) < 4.78 is 7.23. The molecule has 0 spiro atoms. The lowest BCUT2D eigenvalue weighted by molar-refractivity contribution is 0.100. The summed E-state index contributed by atoms with van der Waals surface area (Å²) in [5, 5.41) is 4.38. The Morgan fingerprint density at radius 1 is 1.15 bits per heavy atom. The summed E-state index contributed by atoms with van der Waals surface area (Å²) in [4.78, 5) is 23.6. The van der Waals surface area contributed by atoms with Gasteiger partial charge in [-0.1, -0.05) is 6.07 Å². The first kappa shape index (κ1) is 21.4. The van der Waals surface area contributed by atoms with E-state index >= 15 is 0 Å². The number of amides is 1. The molecule has 9 heteroatoms. The average Bonchev–Trinajstić information content (AvgIpc) is 3.45. The molecule has 8 nitrogen and oxygen atoms in total. The number of benzene rings is 1. The summed E-state index contributed by atoms with van der Waals surface area (Å²) in [5.74, 6) is 0.882. The fraction of sp³-hybridized carbons (Fsp3) is 0.292. The molecule has 33 heavy (non-hydrogen) atoms. The lowest BCUT2D eigenvalue weighted by Crippen LogP contribution is -2.36. The van der Waals surface area contributed by atoms with Crippen LogP contribution in [0, 0.1) is 0 Å². The van der Waals surface area contributed by atoms with E-state index in [1.807, 2.05) is 29.0 Å². The van der Waals surface area contributed by atoms with Gasteiger partial charge in [0.05, 0.1) is 18.1 Å². The summed E-state index contributed by atoms with van der Waals surface area (Å²) >= 11 is 1.28. The Morgan fingerprint density at radius 3 is 2.61 bits per heavy atom. The Labute approximate surface area is 196 Å². The minimum Gasteiger partial charge on any atom is -0.495 e. The van der Waals surface area contributed by atoms with Gasteiger partial charge in [0, 0.05) is 23.9 Å². The lowest BCUT2D eigenvalue weighted by Gasteiger charge is -2.29. The number of piperidine rings is 1. The molecule has 3 N–H and O–H groups in total.